The first kappa shape index (κ1) is 20.7. The van der Waals surface area contributed by atoms with Crippen LogP contribution >= 0.6 is 0 Å². The third-order valence-corrected chi connectivity index (χ3v) is 4.58. The Morgan fingerprint density at radius 1 is 1.10 bits per heavy atom. The van der Waals surface area contributed by atoms with Gasteiger partial charge in [0.2, 0.25) is 11.8 Å². The van der Waals surface area contributed by atoms with Crippen molar-refractivity contribution in [2.24, 2.45) is 5.73 Å². The highest BCUT2D eigenvalue weighted by molar-refractivity contribution is 6.15. The molecule has 0 spiro atoms. The molecule has 0 heterocycles. The minimum absolute atomic E-state index is 0.0817. The molecule has 0 aliphatic heterocycles. The van der Waals surface area contributed by atoms with Gasteiger partial charge in [-0.2, -0.15) is 0 Å². The molecule has 2 amide bonds. The second kappa shape index (κ2) is 9.00. The van der Waals surface area contributed by atoms with Crippen molar-refractivity contribution in [2.75, 3.05) is 11.1 Å². The van der Waals surface area contributed by atoms with Gasteiger partial charge in [-0.15, -0.1) is 0 Å². The van der Waals surface area contributed by atoms with Crippen LogP contribution in [0.5, 0.6) is 0 Å². The first-order chi connectivity index (χ1) is 14.3. The average Bonchev–Trinajstić information content (AvgIpc) is 2.92. The summed E-state index contributed by atoms with van der Waals surface area (Å²) in [5.74, 6) is -1.32. The van der Waals surface area contributed by atoms with Crippen LogP contribution in [-0.4, -0.2) is 17.5 Å². The smallest absolute Gasteiger partial charge is 0.248 e. The lowest BCUT2D eigenvalue weighted by Gasteiger charge is -2.11. The maximum atomic E-state index is 14.0. The van der Waals surface area contributed by atoms with Gasteiger partial charge in [-0.3, -0.25) is 15.0 Å². The minimum Gasteiger partial charge on any atom is -0.398 e. The molecule has 0 radical (unpaired) electrons. The number of carbonyl (C=O) groups is 2. The summed E-state index contributed by atoms with van der Waals surface area (Å²) in [6.07, 6.45) is 6.76. The number of primary amides is 1. The van der Waals surface area contributed by atoms with Crippen molar-refractivity contribution >= 4 is 28.9 Å². The van der Waals surface area contributed by atoms with E-state index >= 15 is 0 Å². The molecule has 0 atom stereocenters. The molecule has 2 aromatic carbocycles. The van der Waals surface area contributed by atoms with Gasteiger partial charge in [-0.1, -0.05) is 36.4 Å². The molecule has 30 heavy (non-hydrogen) atoms. The average molecular weight is 404 g/mol. The monoisotopic (exact) mass is 404 g/mol. The topological polar surface area (TPSA) is 122 Å². The molecule has 0 bridgehead atoms. The lowest BCUT2D eigenvalue weighted by molar-refractivity contribution is -0.115. The number of anilines is 2. The van der Waals surface area contributed by atoms with Crippen LogP contribution in [0, 0.1) is 5.41 Å². The standard InChI is InChI=1S/C23H21FN4O2/c24-19-8-3-1-2-5-14(19)13-21(29)28-17-7-4-6-15(11-17)22(26)18-12-16(23(27)30)9-10-20(18)25/h1-7,9-12,26H,8,13,25H2,(H2,27,30)(H,28,29). The zero-order valence-corrected chi connectivity index (χ0v) is 16.1. The molecular formula is C23H21FN4O2. The molecule has 152 valence electrons. The molecule has 0 saturated carbocycles. The summed E-state index contributed by atoms with van der Waals surface area (Å²) in [4.78, 5) is 23.8. The normalized spacial score (nSPS) is 13.1. The van der Waals surface area contributed by atoms with Crippen molar-refractivity contribution in [3.63, 3.8) is 0 Å². The highest BCUT2D eigenvalue weighted by atomic mass is 19.1. The Morgan fingerprint density at radius 2 is 1.90 bits per heavy atom. The van der Waals surface area contributed by atoms with E-state index in [0.717, 1.165) is 0 Å². The second-order valence-electron chi connectivity index (χ2n) is 6.77. The van der Waals surface area contributed by atoms with Crippen LogP contribution < -0.4 is 16.8 Å². The third-order valence-electron chi connectivity index (χ3n) is 4.58. The Labute approximate surface area is 173 Å². The lowest BCUT2D eigenvalue weighted by atomic mass is 9.98. The second-order valence-corrected chi connectivity index (χ2v) is 6.77. The van der Waals surface area contributed by atoms with E-state index in [1.165, 1.54) is 18.2 Å². The van der Waals surface area contributed by atoms with Crippen molar-refractivity contribution in [3.05, 3.63) is 94.9 Å². The Balaban J connectivity index is 1.78. The Bertz CT molecular complexity index is 1120. The van der Waals surface area contributed by atoms with Crippen LogP contribution in [0.4, 0.5) is 15.8 Å². The number of nitrogen functional groups attached to an aromatic ring is 1. The highest BCUT2D eigenvalue weighted by Crippen LogP contribution is 2.22. The predicted molar refractivity (Wildman–Crippen MR) is 116 cm³/mol. The molecule has 2 aromatic rings. The number of allylic oxidation sites excluding steroid dienone is 5. The highest BCUT2D eigenvalue weighted by Gasteiger charge is 2.14. The molecule has 0 aromatic heterocycles. The summed E-state index contributed by atoms with van der Waals surface area (Å²) in [7, 11) is 0. The van der Waals surface area contributed by atoms with Gasteiger partial charge >= 0.3 is 0 Å². The fraction of sp³-hybridized carbons (Fsp3) is 0.0870. The van der Waals surface area contributed by atoms with Crippen LogP contribution in [0.1, 0.15) is 34.3 Å². The molecule has 6 N–H and O–H groups in total. The number of hydrogen-bond acceptors (Lipinski definition) is 4. The number of nitrogens with two attached hydrogens (primary N) is 2. The molecular weight excluding hydrogens is 383 g/mol. The van der Waals surface area contributed by atoms with E-state index in [1.807, 2.05) is 0 Å². The van der Waals surface area contributed by atoms with E-state index < -0.39 is 5.91 Å². The molecule has 7 heteroatoms. The molecule has 0 fully saturated rings. The summed E-state index contributed by atoms with van der Waals surface area (Å²) in [5.41, 5.74) is 13.6. The number of halogens is 1. The Hall–Kier alpha value is -4.00. The summed E-state index contributed by atoms with van der Waals surface area (Å²) in [6.45, 7) is 0. The van der Waals surface area contributed by atoms with Crippen LogP contribution in [0.15, 0.2) is 78.2 Å². The Kier molecular flexibility index (Phi) is 6.22. The van der Waals surface area contributed by atoms with Crippen molar-refractivity contribution in [3.8, 4) is 0 Å². The summed E-state index contributed by atoms with van der Waals surface area (Å²) < 4.78 is 14.0. The van der Waals surface area contributed by atoms with Gasteiger partial charge in [0.1, 0.15) is 5.83 Å². The van der Waals surface area contributed by atoms with Gasteiger partial charge in [0.15, 0.2) is 0 Å². The fourth-order valence-electron chi connectivity index (χ4n) is 3.01. The quantitative estimate of drug-likeness (QED) is 0.432. The van der Waals surface area contributed by atoms with Gasteiger partial charge in [-0.25, -0.2) is 4.39 Å². The summed E-state index contributed by atoms with van der Waals surface area (Å²) in [6, 6.07) is 11.1. The molecule has 1 aliphatic carbocycles. The van der Waals surface area contributed by atoms with Gasteiger partial charge in [-0.05, 0) is 35.9 Å². The van der Waals surface area contributed by atoms with Crippen LogP contribution in [0.2, 0.25) is 0 Å². The van der Waals surface area contributed by atoms with E-state index in [0.29, 0.717) is 28.1 Å². The third kappa shape index (κ3) is 4.88. The van der Waals surface area contributed by atoms with E-state index in [-0.39, 0.29) is 35.9 Å². The zero-order chi connectivity index (χ0) is 21.7. The van der Waals surface area contributed by atoms with Gasteiger partial charge < -0.3 is 16.8 Å². The largest absolute Gasteiger partial charge is 0.398 e. The SMILES string of the molecule is N=C(c1cccc(NC(=O)CC2=C(F)CC=CC=C2)c1)c1cc(C(N)=O)ccc1N. The summed E-state index contributed by atoms with van der Waals surface area (Å²) in [5, 5.41) is 11.2. The Morgan fingerprint density at radius 3 is 2.67 bits per heavy atom. The van der Waals surface area contributed by atoms with Crippen molar-refractivity contribution in [2.45, 2.75) is 12.8 Å². The van der Waals surface area contributed by atoms with Crippen LogP contribution in [-0.2, 0) is 4.79 Å². The molecule has 3 rings (SSSR count). The maximum Gasteiger partial charge on any atom is 0.248 e. The maximum absolute atomic E-state index is 14.0. The summed E-state index contributed by atoms with van der Waals surface area (Å²) >= 11 is 0. The predicted octanol–water partition coefficient (Wildman–Crippen LogP) is 3.85. The van der Waals surface area contributed by atoms with E-state index in [2.05, 4.69) is 5.32 Å². The first-order valence-electron chi connectivity index (χ1n) is 9.24. The number of hydrogen-bond donors (Lipinski definition) is 4. The van der Waals surface area contributed by atoms with E-state index in [9.17, 15) is 14.0 Å². The number of carbonyl (C=O) groups excluding carboxylic acids is 2. The zero-order valence-electron chi connectivity index (χ0n) is 16.1. The van der Waals surface area contributed by atoms with Crippen molar-refractivity contribution in [1.82, 2.24) is 0 Å². The van der Waals surface area contributed by atoms with E-state index in [4.69, 9.17) is 16.9 Å². The molecule has 1 aliphatic rings. The fourth-order valence-corrected chi connectivity index (χ4v) is 3.01. The number of nitrogens with one attached hydrogen (secondary N) is 2. The van der Waals surface area contributed by atoms with Crippen LogP contribution in [0.3, 0.4) is 0 Å². The number of rotatable bonds is 6. The van der Waals surface area contributed by atoms with E-state index in [1.54, 1.807) is 48.6 Å². The minimum atomic E-state index is -0.616. The van der Waals surface area contributed by atoms with Crippen LogP contribution in [0.25, 0.3) is 0 Å². The number of benzene rings is 2. The van der Waals surface area contributed by atoms with Gasteiger partial charge in [0, 0.05) is 34.5 Å². The van der Waals surface area contributed by atoms with Crippen molar-refractivity contribution < 1.29 is 14.0 Å². The first-order valence-corrected chi connectivity index (χ1v) is 9.24. The lowest BCUT2D eigenvalue weighted by Crippen LogP contribution is -2.14. The van der Waals surface area contributed by atoms with Gasteiger partial charge in [0.25, 0.3) is 0 Å². The molecule has 0 unspecified atom stereocenters. The number of amides is 2. The van der Waals surface area contributed by atoms with Crippen molar-refractivity contribution in [1.29, 1.82) is 5.41 Å². The molecule has 0 saturated heterocycles. The molecule has 6 nitrogen and oxygen atoms in total. The van der Waals surface area contributed by atoms with Gasteiger partial charge in [0.05, 0.1) is 12.1 Å².